The molecule has 0 aromatic heterocycles. The molecule has 1 aliphatic rings. The maximum absolute atomic E-state index is 5.16. The largest absolute Gasteiger partial charge is 0.497 e. The van der Waals surface area contributed by atoms with Crippen molar-refractivity contribution in [1.82, 2.24) is 4.90 Å². The van der Waals surface area contributed by atoms with Crippen LogP contribution in [-0.4, -0.2) is 31.6 Å². The van der Waals surface area contributed by atoms with Gasteiger partial charge in [0.25, 0.3) is 0 Å². The molecule has 0 saturated carbocycles. The van der Waals surface area contributed by atoms with Gasteiger partial charge in [-0.3, -0.25) is 0 Å². The van der Waals surface area contributed by atoms with E-state index in [2.05, 4.69) is 24.1 Å². The molecular weight excluding hydrogens is 198 g/mol. The molecule has 2 heteroatoms. The number of ether oxygens (including phenoxy) is 1. The van der Waals surface area contributed by atoms with Crippen molar-refractivity contribution in [3.05, 3.63) is 29.8 Å². The normalized spacial score (nSPS) is 21.2. The zero-order chi connectivity index (χ0) is 11.4. The summed E-state index contributed by atoms with van der Waals surface area (Å²) in [6.45, 7) is 1.27. The van der Waals surface area contributed by atoms with E-state index in [4.69, 9.17) is 4.74 Å². The minimum absolute atomic E-state index is 0.794. The molecule has 2 rings (SSSR count). The molecule has 0 aliphatic carbocycles. The lowest BCUT2D eigenvalue weighted by Gasteiger charge is -2.19. The lowest BCUT2D eigenvalue weighted by atomic mass is 10.0. The topological polar surface area (TPSA) is 12.5 Å². The van der Waals surface area contributed by atoms with Crippen LogP contribution < -0.4 is 4.74 Å². The Morgan fingerprint density at radius 2 is 2.06 bits per heavy atom. The molecule has 16 heavy (non-hydrogen) atoms. The highest BCUT2D eigenvalue weighted by molar-refractivity contribution is 5.27. The van der Waals surface area contributed by atoms with Gasteiger partial charge in [0.2, 0.25) is 0 Å². The molecule has 0 unspecified atom stereocenters. The Kier molecular flexibility index (Phi) is 3.83. The van der Waals surface area contributed by atoms with Crippen molar-refractivity contribution < 1.29 is 4.74 Å². The molecule has 0 radical (unpaired) electrons. The fraction of sp³-hybridized carbons (Fsp3) is 0.571. The quantitative estimate of drug-likeness (QED) is 0.772. The van der Waals surface area contributed by atoms with Crippen molar-refractivity contribution in [3.63, 3.8) is 0 Å². The Bertz CT molecular complexity index is 320. The summed E-state index contributed by atoms with van der Waals surface area (Å²) in [5, 5.41) is 0. The minimum atomic E-state index is 0.794. The number of methoxy groups -OCH3 is 1. The second-order valence-corrected chi connectivity index (χ2v) is 4.66. The summed E-state index contributed by atoms with van der Waals surface area (Å²) in [4.78, 5) is 2.49. The van der Waals surface area contributed by atoms with Gasteiger partial charge in [0, 0.05) is 6.04 Å². The number of hydrogen-bond acceptors (Lipinski definition) is 2. The molecule has 1 fully saturated rings. The third-order valence-corrected chi connectivity index (χ3v) is 3.60. The summed E-state index contributed by atoms with van der Waals surface area (Å²) in [6, 6.07) is 9.24. The molecule has 1 aromatic carbocycles. The number of rotatable bonds is 4. The average molecular weight is 219 g/mol. The Morgan fingerprint density at radius 1 is 1.31 bits per heavy atom. The summed E-state index contributed by atoms with van der Waals surface area (Å²) in [5.74, 6) is 0.946. The lowest BCUT2D eigenvalue weighted by molar-refractivity contribution is 0.296. The molecule has 0 N–H and O–H groups in total. The smallest absolute Gasteiger partial charge is 0.118 e. The van der Waals surface area contributed by atoms with Gasteiger partial charge in [-0.05, 0) is 57.0 Å². The van der Waals surface area contributed by atoms with Crippen molar-refractivity contribution in [3.8, 4) is 5.75 Å². The Hall–Kier alpha value is -1.02. The third kappa shape index (κ3) is 2.76. The van der Waals surface area contributed by atoms with Gasteiger partial charge >= 0.3 is 0 Å². The molecule has 1 atom stereocenters. The van der Waals surface area contributed by atoms with Gasteiger partial charge in [0.05, 0.1) is 7.11 Å². The van der Waals surface area contributed by atoms with Crippen LogP contribution in [0.25, 0.3) is 0 Å². The van der Waals surface area contributed by atoms with Crippen molar-refractivity contribution in [2.45, 2.75) is 31.7 Å². The number of likely N-dealkylation sites (tertiary alicyclic amines) is 1. The second-order valence-electron chi connectivity index (χ2n) is 4.66. The average Bonchev–Trinajstić information content (AvgIpc) is 2.73. The Labute approximate surface area is 98.2 Å². The van der Waals surface area contributed by atoms with Crippen molar-refractivity contribution in [2.75, 3.05) is 20.7 Å². The molecule has 1 aromatic rings. The highest BCUT2D eigenvalue weighted by Gasteiger charge is 2.19. The highest BCUT2D eigenvalue weighted by atomic mass is 16.5. The van der Waals surface area contributed by atoms with Crippen LogP contribution in [-0.2, 0) is 6.42 Å². The van der Waals surface area contributed by atoms with E-state index in [9.17, 15) is 0 Å². The summed E-state index contributed by atoms with van der Waals surface area (Å²) >= 11 is 0. The van der Waals surface area contributed by atoms with Gasteiger partial charge in [-0.1, -0.05) is 12.1 Å². The summed E-state index contributed by atoms with van der Waals surface area (Å²) in [7, 11) is 3.95. The van der Waals surface area contributed by atoms with Gasteiger partial charge in [-0.15, -0.1) is 0 Å². The first-order chi connectivity index (χ1) is 7.79. The number of nitrogens with zero attached hydrogens (tertiary/aromatic N) is 1. The molecule has 0 spiro atoms. The zero-order valence-corrected chi connectivity index (χ0v) is 10.3. The van der Waals surface area contributed by atoms with E-state index in [0.717, 1.165) is 11.8 Å². The third-order valence-electron chi connectivity index (χ3n) is 3.60. The predicted octanol–water partition coefficient (Wildman–Crippen LogP) is 2.72. The molecule has 88 valence electrons. The van der Waals surface area contributed by atoms with Crippen LogP contribution in [0.1, 0.15) is 24.8 Å². The SMILES string of the molecule is COc1ccc(CC[C@H]2CCCN2C)cc1. The molecule has 1 heterocycles. The summed E-state index contributed by atoms with van der Waals surface area (Å²) in [6.07, 6.45) is 5.19. The Balaban J connectivity index is 1.84. The van der Waals surface area contributed by atoms with E-state index < -0.39 is 0 Å². The van der Waals surface area contributed by atoms with E-state index in [1.54, 1.807) is 7.11 Å². The Morgan fingerprint density at radius 3 is 2.62 bits per heavy atom. The van der Waals surface area contributed by atoms with Crippen LogP contribution in [0.5, 0.6) is 5.75 Å². The first-order valence-corrected chi connectivity index (χ1v) is 6.13. The molecule has 1 saturated heterocycles. The summed E-state index contributed by atoms with van der Waals surface area (Å²) in [5.41, 5.74) is 1.42. The van der Waals surface area contributed by atoms with Crippen LogP contribution in [0.4, 0.5) is 0 Å². The number of hydrogen-bond donors (Lipinski definition) is 0. The van der Waals surface area contributed by atoms with Crippen molar-refractivity contribution in [2.24, 2.45) is 0 Å². The number of benzene rings is 1. The number of aryl methyl sites for hydroxylation is 1. The van der Waals surface area contributed by atoms with E-state index in [-0.39, 0.29) is 0 Å². The van der Waals surface area contributed by atoms with Crippen LogP contribution in [0, 0.1) is 0 Å². The molecule has 0 bridgehead atoms. The van der Waals surface area contributed by atoms with E-state index in [0.29, 0.717) is 0 Å². The van der Waals surface area contributed by atoms with Gasteiger partial charge in [-0.2, -0.15) is 0 Å². The predicted molar refractivity (Wildman–Crippen MR) is 67.0 cm³/mol. The monoisotopic (exact) mass is 219 g/mol. The maximum atomic E-state index is 5.16. The van der Waals surface area contributed by atoms with Crippen LogP contribution in [0.2, 0.25) is 0 Å². The van der Waals surface area contributed by atoms with Gasteiger partial charge in [-0.25, -0.2) is 0 Å². The molecular formula is C14H21NO. The lowest BCUT2D eigenvalue weighted by Crippen LogP contribution is -2.25. The summed E-state index contributed by atoms with van der Waals surface area (Å²) < 4.78 is 5.16. The highest BCUT2D eigenvalue weighted by Crippen LogP contribution is 2.20. The van der Waals surface area contributed by atoms with E-state index >= 15 is 0 Å². The van der Waals surface area contributed by atoms with Gasteiger partial charge in [0.15, 0.2) is 0 Å². The van der Waals surface area contributed by atoms with E-state index in [1.807, 2.05) is 12.1 Å². The minimum Gasteiger partial charge on any atom is -0.497 e. The molecule has 1 aliphatic heterocycles. The van der Waals surface area contributed by atoms with Gasteiger partial charge in [0.1, 0.15) is 5.75 Å². The van der Waals surface area contributed by atoms with Crippen LogP contribution in [0.3, 0.4) is 0 Å². The molecule has 2 nitrogen and oxygen atoms in total. The maximum Gasteiger partial charge on any atom is 0.118 e. The first kappa shape index (κ1) is 11.5. The van der Waals surface area contributed by atoms with Crippen LogP contribution >= 0.6 is 0 Å². The standard InChI is InChI=1S/C14H21NO/c1-15-11-3-4-13(15)8-5-12-6-9-14(16-2)10-7-12/h6-7,9-10,13H,3-5,8,11H2,1-2H3/t13-/m1/s1. The zero-order valence-electron chi connectivity index (χ0n) is 10.3. The molecule has 0 amide bonds. The van der Waals surface area contributed by atoms with Crippen molar-refractivity contribution >= 4 is 0 Å². The first-order valence-electron chi connectivity index (χ1n) is 6.13. The van der Waals surface area contributed by atoms with Gasteiger partial charge < -0.3 is 9.64 Å². The van der Waals surface area contributed by atoms with E-state index in [1.165, 1.54) is 37.8 Å². The van der Waals surface area contributed by atoms with Crippen molar-refractivity contribution in [1.29, 1.82) is 0 Å². The fourth-order valence-corrected chi connectivity index (χ4v) is 2.47. The fourth-order valence-electron chi connectivity index (χ4n) is 2.47. The second kappa shape index (κ2) is 5.35. The van der Waals surface area contributed by atoms with Crippen LogP contribution in [0.15, 0.2) is 24.3 Å².